The van der Waals surface area contributed by atoms with E-state index in [2.05, 4.69) is 24.0 Å². The number of ether oxygens (including phenoxy) is 1. The first kappa shape index (κ1) is 22.5. The standard InChI is InChI=1S/C23H30N2O4S/c1-18-12-14-24(15-13-18)22(20-6-4-3-5-7-20)17-25(30(27)28)16-19-8-10-21(11-9-19)23(26)29-2/h3-11,18,22,30H,12-17H2,1-2H3. The van der Waals surface area contributed by atoms with Crippen molar-refractivity contribution in [1.82, 2.24) is 9.21 Å². The third kappa shape index (κ3) is 5.90. The maximum Gasteiger partial charge on any atom is 0.337 e. The molecule has 2 aromatic rings. The Bertz CT molecular complexity index is 883. The van der Waals surface area contributed by atoms with Crippen molar-refractivity contribution in [2.45, 2.75) is 32.4 Å². The zero-order valence-electron chi connectivity index (χ0n) is 17.6. The van der Waals surface area contributed by atoms with Crippen LogP contribution in [0.1, 0.15) is 47.3 Å². The quantitative estimate of drug-likeness (QED) is 0.514. The Morgan fingerprint density at radius 2 is 1.73 bits per heavy atom. The van der Waals surface area contributed by atoms with Crippen LogP contribution >= 0.6 is 0 Å². The number of hydrogen-bond donors (Lipinski definition) is 1. The van der Waals surface area contributed by atoms with E-state index < -0.39 is 16.9 Å². The zero-order valence-corrected chi connectivity index (χ0v) is 18.5. The minimum absolute atomic E-state index is 0.0148. The summed E-state index contributed by atoms with van der Waals surface area (Å²) in [6.07, 6.45) is 2.25. The molecular weight excluding hydrogens is 400 g/mol. The molecule has 1 atom stereocenters. The Balaban J connectivity index is 1.78. The fraction of sp³-hybridized carbons (Fsp3) is 0.435. The van der Waals surface area contributed by atoms with Crippen molar-refractivity contribution in [3.63, 3.8) is 0 Å². The number of likely N-dealkylation sites (tertiary alicyclic amines) is 1. The summed E-state index contributed by atoms with van der Waals surface area (Å²) in [4.78, 5) is 14.0. The number of methoxy groups -OCH3 is 1. The van der Waals surface area contributed by atoms with E-state index in [0.29, 0.717) is 18.0 Å². The predicted octanol–water partition coefficient (Wildman–Crippen LogP) is 3.27. The third-order valence-electron chi connectivity index (χ3n) is 5.80. The van der Waals surface area contributed by atoms with E-state index in [1.807, 2.05) is 18.2 Å². The van der Waals surface area contributed by atoms with Crippen LogP contribution in [0.3, 0.4) is 0 Å². The van der Waals surface area contributed by atoms with Gasteiger partial charge in [0.1, 0.15) is 0 Å². The Kier molecular flexibility index (Phi) is 8.01. The molecule has 0 N–H and O–H groups in total. The lowest BCUT2D eigenvalue weighted by Gasteiger charge is -2.38. The molecule has 0 amide bonds. The van der Waals surface area contributed by atoms with Crippen molar-refractivity contribution in [3.8, 4) is 0 Å². The molecule has 2 aromatic carbocycles. The molecule has 1 fully saturated rings. The summed E-state index contributed by atoms with van der Waals surface area (Å²) in [5.41, 5.74) is 2.42. The molecule has 0 saturated carbocycles. The monoisotopic (exact) mass is 430 g/mol. The van der Waals surface area contributed by atoms with E-state index in [9.17, 15) is 13.2 Å². The average molecular weight is 431 g/mol. The maximum absolute atomic E-state index is 12.1. The molecule has 6 nitrogen and oxygen atoms in total. The van der Waals surface area contributed by atoms with Gasteiger partial charge in [0.2, 0.25) is 10.9 Å². The number of carbonyl (C=O) groups is 1. The van der Waals surface area contributed by atoms with Crippen LogP contribution in [-0.4, -0.2) is 50.3 Å². The van der Waals surface area contributed by atoms with Gasteiger partial charge in [0.25, 0.3) is 0 Å². The van der Waals surface area contributed by atoms with Gasteiger partial charge in [-0.2, -0.15) is 4.31 Å². The highest BCUT2D eigenvalue weighted by molar-refractivity contribution is 7.69. The van der Waals surface area contributed by atoms with Crippen molar-refractivity contribution in [1.29, 1.82) is 0 Å². The van der Waals surface area contributed by atoms with Crippen LogP contribution in [0.25, 0.3) is 0 Å². The van der Waals surface area contributed by atoms with Gasteiger partial charge < -0.3 is 4.74 Å². The van der Waals surface area contributed by atoms with E-state index in [4.69, 9.17) is 4.74 Å². The Hall–Kier alpha value is -2.22. The predicted molar refractivity (Wildman–Crippen MR) is 118 cm³/mol. The van der Waals surface area contributed by atoms with Gasteiger partial charge in [-0.25, -0.2) is 13.2 Å². The number of thiol groups is 1. The molecule has 0 aromatic heterocycles. The van der Waals surface area contributed by atoms with Crippen molar-refractivity contribution in [2.24, 2.45) is 5.92 Å². The Labute approximate surface area is 180 Å². The lowest BCUT2D eigenvalue weighted by atomic mass is 9.95. The van der Waals surface area contributed by atoms with Crippen LogP contribution in [0.2, 0.25) is 0 Å². The highest BCUT2D eigenvalue weighted by atomic mass is 32.2. The molecule has 7 heteroatoms. The second kappa shape index (κ2) is 10.7. The fourth-order valence-electron chi connectivity index (χ4n) is 3.91. The number of rotatable bonds is 8. The number of benzene rings is 2. The number of piperidine rings is 1. The topological polar surface area (TPSA) is 66.9 Å². The maximum atomic E-state index is 12.1. The molecular formula is C23H30N2O4S. The van der Waals surface area contributed by atoms with Crippen molar-refractivity contribution >= 4 is 16.9 Å². The van der Waals surface area contributed by atoms with Crippen molar-refractivity contribution in [2.75, 3.05) is 26.7 Å². The van der Waals surface area contributed by atoms with Crippen LogP contribution in [0, 0.1) is 5.92 Å². The minimum atomic E-state index is -2.75. The van der Waals surface area contributed by atoms with Gasteiger partial charge in [0.15, 0.2) is 0 Å². The van der Waals surface area contributed by atoms with Gasteiger partial charge in [0, 0.05) is 19.1 Å². The minimum Gasteiger partial charge on any atom is -0.465 e. The Morgan fingerprint density at radius 1 is 1.10 bits per heavy atom. The molecule has 1 heterocycles. The molecule has 30 heavy (non-hydrogen) atoms. The number of esters is 1. The summed E-state index contributed by atoms with van der Waals surface area (Å²) in [7, 11) is -1.41. The normalized spacial score (nSPS) is 16.7. The van der Waals surface area contributed by atoms with E-state index in [0.717, 1.165) is 37.1 Å². The molecule has 0 bridgehead atoms. The molecule has 0 radical (unpaired) electrons. The largest absolute Gasteiger partial charge is 0.465 e. The molecule has 1 aliphatic rings. The highest BCUT2D eigenvalue weighted by Gasteiger charge is 2.27. The summed E-state index contributed by atoms with van der Waals surface area (Å²) in [5.74, 6) is 0.301. The van der Waals surface area contributed by atoms with Crippen LogP contribution < -0.4 is 0 Å². The van der Waals surface area contributed by atoms with Gasteiger partial charge in [-0.15, -0.1) is 0 Å². The Morgan fingerprint density at radius 3 is 2.30 bits per heavy atom. The van der Waals surface area contributed by atoms with Crippen molar-refractivity contribution in [3.05, 3.63) is 71.3 Å². The van der Waals surface area contributed by atoms with Gasteiger partial charge >= 0.3 is 5.97 Å². The SMILES string of the molecule is COC(=O)c1ccc(CN(CC(c2ccccc2)N2CCC(C)CC2)[SH](=O)=O)cc1. The van der Waals surface area contributed by atoms with Gasteiger partial charge in [-0.1, -0.05) is 49.4 Å². The van der Waals surface area contributed by atoms with E-state index in [1.54, 1.807) is 24.3 Å². The van der Waals surface area contributed by atoms with Crippen LogP contribution in [0.5, 0.6) is 0 Å². The first-order valence-electron chi connectivity index (χ1n) is 10.3. The number of carbonyl (C=O) groups excluding carboxylic acids is 1. The lowest BCUT2D eigenvalue weighted by Crippen LogP contribution is -2.41. The number of nitrogens with zero attached hydrogens (tertiary/aromatic N) is 2. The highest BCUT2D eigenvalue weighted by Crippen LogP contribution is 2.28. The van der Waals surface area contributed by atoms with Gasteiger partial charge in [0.05, 0.1) is 12.7 Å². The zero-order chi connectivity index (χ0) is 21.5. The molecule has 162 valence electrons. The van der Waals surface area contributed by atoms with E-state index in [1.165, 1.54) is 11.4 Å². The molecule has 0 aliphatic carbocycles. The van der Waals surface area contributed by atoms with E-state index >= 15 is 0 Å². The summed E-state index contributed by atoms with van der Waals surface area (Å²) >= 11 is 0. The summed E-state index contributed by atoms with van der Waals surface area (Å²) in [5, 5.41) is 0. The molecule has 0 spiro atoms. The molecule has 1 aliphatic heterocycles. The smallest absolute Gasteiger partial charge is 0.337 e. The second-order valence-corrected chi connectivity index (χ2v) is 8.96. The van der Waals surface area contributed by atoms with Crippen LogP contribution in [-0.2, 0) is 22.2 Å². The summed E-state index contributed by atoms with van der Waals surface area (Å²) in [6, 6.07) is 17.0. The van der Waals surface area contributed by atoms with Gasteiger partial charge in [-0.3, -0.25) is 4.90 Å². The first-order chi connectivity index (χ1) is 14.5. The lowest BCUT2D eigenvalue weighted by molar-refractivity contribution is 0.0600. The fourth-order valence-corrected chi connectivity index (χ4v) is 4.48. The number of hydrogen-bond acceptors (Lipinski definition) is 5. The second-order valence-electron chi connectivity index (χ2n) is 7.92. The summed E-state index contributed by atoms with van der Waals surface area (Å²) in [6.45, 7) is 4.88. The summed E-state index contributed by atoms with van der Waals surface area (Å²) < 4.78 is 30.4. The van der Waals surface area contributed by atoms with Crippen LogP contribution in [0.15, 0.2) is 54.6 Å². The average Bonchev–Trinajstić information content (AvgIpc) is 2.77. The van der Waals surface area contributed by atoms with Gasteiger partial charge in [-0.05, 0) is 55.1 Å². The third-order valence-corrected chi connectivity index (χ3v) is 6.56. The molecule has 1 saturated heterocycles. The van der Waals surface area contributed by atoms with Crippen LogP contribution in [0.4, 0.5) is 0 Å². The molecule has 1 unspecified atom stereocenters. The molecule has 3 rings (SSSR count). The van der Waals surface area contributed by atoms with Crippen molar-refractivity contribution < 1.29 is 17.9 Å². The van der Waals surface area contributed by atoms with E-state index in [-0.39, 0.29) is 12.6 Å². The first-order valence-corrected chi connectivity index (χ1v) is 11.5.